The maximum atomic E-state index is 11.7. The highest BCUT2D eigenvalue weighted by molar-refractivity contribution is 5.95. The molecule has 0 saturated carbocycles. The summed E-state index contributed by atoms with van der Waals surface area (Å²) in [7, 11) is 0. The minimum absolute atomic E-state index is 0.0530. The third-order valence-electron chi connectivity index (χ3n) is 4.24. The van der Waals surface area contributed by atoms with Crippen LogP contribution < -0.4 is 0 Å². The Balaban J connectivity index is 1.91. The fraction of sp³-hybridized carbons (Fsp3) is 0.148. The summed E-state index contributed by atoms with van der Waals surface area (Å²) in [5.74, 6) is 4.55. The van der Waals surface area contributed by atoms with Crippen molar-refractivity contribution in [2.45, 2.75) is 20.3 Å². The molecular formula is C27H24O5. The fourth-order valence-electron chi connectivity index (χ4n) is 2.39. The molecule has 0 amide bonds. The Morgan fingerprint density at radius 3 is 2.03 bits per heavy atom. The smallest absolute Gasteiger partial charge is 0.335 e. The molecule has 2 aromatic carbocycles. The highest BCUT2D eigenvalue weighted by Gasteiger charge is 2.04. The SMILES string of the molecule is C=C(C)C(=O)CC#Cc1ccc(-c2ccc(/C=C/C(=O)OCOC(=O)C(=C)C)cc2)cc1. The predicted octanol–water partition coefficient (Wildman–Crippen LogP) is 4.87. The van der Waals surface area contributed by atoms with Crippen molar-refractivity contribution in [3.8, 4) is 23.0 Å². The molecule has 0 aromatic heterocycles. The van der Waals surface area contributed by atoms with Crippen molar-refractivity contribution in [2.24, 2.45) is 0 Å². The van der Waals surface area contributed by atoms with Crippen molar-refractivity contribution in [3.05, 3.63) is 90.0 Å². The van der Waals surface area contributed by atoms with Crippen LogP contribution in [0.2, 0.25) is 0 Å². The number of benzene rings is 2. The van der Waals surface area contributed by atoms with Gasteiger partial charge in [-0.1, -0.05) is 61.4 Å². The first-order valence-electron chi connectivity index (χ1n) is 9.82. The summed E-state index contributed by atoms with van der Waals surface area (Å²) in [5.41, 5.74) is 4.41. The second kappa shape index (κ2) is 11.9. The van der Waals surface area contributed by atoms with Gasteiger partial charge in [0.2, 0.25) is 6.79 Å². The van der Waals surface area contributed by atoms with Gasteiger partial charge in [0, 0.05) is 17.2 Å². The van der Waals surface area contributed by atoms with Gasteiger partial charge in [-0.3, -0.25) is 4.79 Å². The van der Waals surface area contributed by atoms with Crippen LogP contribution in [0.15, 0.2) is 78.9 Å². The molecule has 0 aliphatic rings. The molecule has 2 aromatic rings. The molecule has 0 aliphatic carbocycles. The molecule has 0 spiro atoms. The number of esters is 2. The van der Waals surface area contributed by atoms with Gasteiger partial charge < -0.3 is 9.47 Å². The lowest BCUT2D eigenvalue weighted by Gasteiger charge is -2.04. The van der Waals surface area contributed by atoms with E-state index in [9.17, 15) is 14.4 Å². The van der Waals surface area contributed by atoms with Crippen LogP contribution in [-0.4, -0.2) is 24.5 Å². The highest BCUT2D eigenvalue weighted by Crippen LogP contribution is 2.20. The molecule has 5 nitrogen and oxygen atoms in total. The molecule has 2 rings (SSSR count). The zero-order chi connectivity index (χ0) is 23.5. The van der Waals surface area contributed by atoms with Gasteiger partial charge in [0.1, 0.15) is 0 Å². The van der Waals surface area contributed by atoms with Crippen LogP contribution in [0.5, 0.6) is 0 Å². The van der Waals surface area contributed by atoms with Gasteiger partial charge in [0.15, 0.2) is 5.78 Å². The minimum Gasteiger partial charge on any atom is -0.425 e. The molecule has 0 bridgehead atoms. The van der Waals surface area contributed by atoms with Crippen LogP contribution in [0, 0.1) is 11.8 Å². The summed E-state index contributed by atoms with van der Waals surface area (Å²) in [6.07, 6.45) is 3.03. The Bertz CT molecular complexity index is 1110. The number of carbonyl (C=O) groups excluding carboxylic acids is 3. The van der Waals surface area contributed by atoms with Crippen molar-refractivity contribution >= 4 is 23.8 Å². The van der Waals surface area contributed by atoms with E-state index in [0.29, 0.717) is 5.57 Å². The maximum Gasteiger partial charge on any atom is 0.335 e. The van der Waals surface area contributed by atoms with Crippen LogP contribution in [-0.2, 0) is 23.9 Å². The standard InChI is InChI=1S/C27H24O5/c1-19(2)25(28)7-5-6-21-8-13-23(14-9-21)24-15-10-22(11-16-24)12-17-26(29)31-18-32-27(30)20(3)4/h8-17H,1,3,7,18H2,2,4H3/b17-12+. The summed E-state index contributed by atoms with van der Waals surface area (Å²) in [4.78, 5) is 34.4. The maximum absolute atomic E-state index is 11.7. The molecule has 0 radical (unpaired) electrons. The Kier molecular flexibility index (Phi) is 8.94. The van der Waals surface area contributed by atoms with Gasteiger partial charge in [-0.25, -0.2) is 9.59 Å². The van der Waals surface area contributed by atoms with E-state index in [4.69, 9.17) is 9.47 Å². The molecule has 0 aliphatic heterocycles. The van der Waals surface area contributed by atoms with E-state index in [1.165, 1.54) is 13.0 Å². The molecular weight excluding hydrogens is 404 g/mol. The fourth-order valence-corrected chi connectivity index (χ4v) is 2.39. The van der Waals surface area contributed by atoms with E-state index in [1.807, 2.05) is 48.5 Å². The normalized spacial score (nSPS) is 10.1. The first-order valence-corrected chi connectivity index (χ1v) is 9.82. The van der Waals surface area contributed by atoms with Gasteiger partial charge >= 0.3 is 11.9 Å². The van der Waals surface area contributed by atoms with E-state index in [0.717, 1.165) is 22.3 Å². The van der Waals surface area contributed by atoms with E-state index in [1.54, 1.807) is 13.0 Å². The van der Waals surface area contributed by atoms with Crippen LogP contribution in [0.3, 0.4) is 0 Å². The Morgan fingerprint density at radius 1 is 0.875 bits per heavy atom. The van der Waals surface area contributed by atoms with Crippen molar-refractivity contribution in [3.63, 3.8) is 0 Å². The van der Waals surface area contributed by atoms with Crippen LogP contribution in [0.4, 0.5) is 0 Å². The predicted molar refractivity (Wildman–Crippen MR) is 124 cm³/mol. The number of Topliss-reactive ketones (excluding diaryl/α,β-unsaturated/α-hetero) is 1. The summed E-state index contributed by atoms with van der Waals surface area (Å²) in [6.45, 7) is 9.77. The summed E-state index contributed by atoms with van der Waals surface area (Å²) < 4.78 is 9.50. The second-order valence-electron chi connectivity index (χ2n) is 7.01. The van der Waals surface area contributed by atoms with Gasteiger partial charge in [0.25, 0.3) is 0 Å². The third kappa shape index (κ3) is 7.92. The van der Waals surface area contributed by atoms with Crippen LogP contribution in [0.25, 0.3) is 17.2 Å². The monoisotopic (exact) mass is 428 g/mol. The van der Waals surface area contributed by atoms with Crippen molar-refractivity contribution in [1.29, 1.82) is 0 Å². The lowest BCUT2D eigenvalue weighted by Crippen LogP contribution is -2.11. The zero-order valence-electron chi connectivity index (χ0n) is 18.1. The van der Waals surface area contributed by atoms with E-state index < -0.39 is 18.7 Å². The van der Waals surface area contributed by atoms with Gasteiger partial charge in [0.05, 0.1) is 6.42 Å². The Labute approximate surface area is 188 Å². The number of ketones is 1. The molecule has 0 unspecified atom stereocenters. The first kappa shape index (κ1) is 24.1. The average molecular weight is 428 g/mol. The van der Waals surface area contributed by atoms with Gasteiger partial charge in [-0.15, -0.1) is 0 Å². The topological polar surface area (TPSA) is 69.7 Å². The number of allylic oxidation sites excluding steroid dienone is 1. The van der Waals surface area contributed by atoms with Gasteiger partial charge in [-0.2, -0.15) is 0 Å². The molecule has 0 fully saturated rings. The zero-order valence-corrected chi connectivity index (χ0v) is 18.1. The lowest BCUT2D eigenvalue weighted by atomic mass is 10.0. The van der Waals surface area contributed by atoms with Gasteiger partial charge in [-0.05, 0) is 54.3 Å². The molecule has 162 valence electrons. The van der Waals surface area contributed by atoms with Crippen LogP contribution in [0.1, 0.15) is 31.4 Å². The highest BCUT2D eigenvalue weighted by atomic mass is 16.7. The average Bonchev–Trinajstić information content (AvgIpc) is 2.78. The van der Waals surface area contributed by atoms with Crippen molar-refractivity contribution in [1.82, 2.24) is 0 Å². The number of carbonyl (C=O) groups is 3. The number of hydrogen-bond acceptors (Lipinski definition) is 5. The van der Waals surface area contributed by atoms with E-state index >= 15 is 0 Å². The minimum atomic E-state index is -0.620. The van der Waals surface area contributed by atoms with E-state index in [2.05, 4.69) is 25.0 Å². The lowest BCUT2D eigenvalue weighted by molar-refractivity contribution is -0.160. The quantitative estimate of drug-likeness (QED) is 0.260. The molecule has 0 N–H and O–H groups in total. The Hall–Kier alpha value is -4.17. The molecule has 32 heavy (non-hydrogen) atoms. The molecule has 0 heterocycles. The molecule has 0 atom stereocenters. The van der Waals surface area contributed by atoms with Crippen molar-refractivity contribution < 1.29 is 23.9 Å². The summed E-state index contributed by atoms with van der Waals surface area (Å²) in [6, 6.07) is 15.3. The molecule has 0 saturated heterocycles. The summed E-state index contributed by atoms with van der Waals surface area (Å²) >= 11 is 0. The summed E-state index contributed by atoms with van der Waals surface area (Å²) in [5, 5.41) is 0. The second-order valence-corrected chi connectivity index (χ2v) is 7.01. The first-order chi connectivity index (χ1) is 15.3. The number of hydrogen-bond donors (Lipinski definition) is 0. The number of rotatable bonds is 8. The Morgan fingerprint density at radius 2 is 1.47 bits per heavy atom. The third-order valence-corrected chi connectivity index (χ3v) is 4.24. The van der Waals surface area contributed by atoms with E-state index in [-0.39, 0.29) is 17.8 Å². The number of ether oxygens (including phenoxy) is 2. The van der Waals surface area contributed by atoms with Crippen molar-refractivity contribution in [2.75, 3.05) is 6.79 Å². The van der Waals surface area contributed by atoms with Crippen LogP contribution >= 0.6 is 0 Å². The molecule has 5 heteroatoms. The largest absolute Gasteiger partial charge is 0.425 e.